The molecule has 134 valence electrons. The van der Waals surface area contributed by atoms with Gasteiger partial charge in [-0.1, -0.05) is 54.6 Å². The zero-order valence-electron chi connectivity index (χ0n) is 13.9. The van der Waals surface area contributed by atoms with Crippen molar-refractivity contribution in [2.45, 2.75) is 19.3 Å². The average Bonchev–Trinajstić information content (AvgIpc) is 2.63. The number of nitrogens with one attached hydrogen (secondary N) is 1. The fourth-order valence-electron chi connectivity index (χ4n) is 2.74. The first-order valence-corrected chi connectivity index (χ1v) is 8.17. The highest BCUT2D eigenvalue weighted by Gasteiger charge is 2.30. The lowest BCUT2D eigenvalue weighted by Crippen LogP contribution is -2.14. The summed E-state index contributed by atoms with van der Waals surface area (Å²) in [4.78, 5) is 0. The molecule has 2 N–H and O–H groups in total. The average molecular weight is 357 g/mol. The zero-order chi connectivity index (χ0) is 18.6. The van der Waals surface area contributed by atoms with Crippen LogP contribution in [-0.2, 0) is 19.3 Å². The molecule has 0 unspecified atom stereocenters. The second kappa shape index (κ2) is 7.62. The van der Waals surface area contributed by atoms with Gasteiger partial charge in [-0.25, -0.2) is 0 Å². The van der Waals surface area contributed by atoms with E-state index in [-0.39, 0.29) is 12.3 Å². The van der Waals surface area contributed by atoms with E-state index in [4.69, 9.17) is 0 Å². The molecule has 3 aromatic rings. The van der Waals surface area contributed by atoms with Crippen molar-refractivity contribution in [3.8, 4) is 16.9 Å². The summed E-state index contributed by atoms with van der Waals surface area (Å²) < 4.78 is 38.3. The van der Waals surface area contributed by atoms with E-state index in [9.17, 15) is 18.3 Å². The smallest absolute Gasteiger partial charge is 0.416 e. The quantitative estimate of drug-likeness (QED) is 0.644. The predicted octanol–water partition coefficient (Wildman–Crippen LogP) is 5.37. The Balaban J connectivity index is 1.69. The van der Waals surface area contributed by atoms with E-state index in [0.717, 1.165) is 23.3 Å². The summed E-state index contributed by atoms with van der Waals surface area (Å²) in [5, 5.41) is 13.1. The lowest BCUT2D eigenvalue weighted by atomic mass is 10.0. The fourth-order valence-corrected chi connectivity index (χ4v) is 2.74. The van der Waals surface area contributed by atoms with E-state index < -0.39 is 11.7 Å². The number of rotatable bonds is 5. The molecule has 0 fully saturated rings. The molecule has 0 atom stereocenters. The highest BCUT2D eigenvalue weighted by Crippen LogP contribution is 2.29. The van der Waals surface area contributed by atoms with Gasteiger partial charge in [0.25, 0.3) is 0 Å². The summed E-state index contributed by atoms with van der Waals surface area (Å²) in [7, 11) is 0. The maximum absolute atomic E-state index is 12.8. The van der Waals surface area contributed by atoms with Gasteiger partial charge in [-0.2, -0.15) is 13.2 Å². The number of phenols is 1. The van der Waals surface area contributed by atoms with Gasteiger partial charge in [0.1, 0.15) is 5.75 Å². The Labute approximate surface area is 149 Å². The monoisotopic (exact) mass is 357 g/mol. The van der Waals surface area contributed by atoms with Crippen LogP contribution in [0.4, 0.5) is 13.2 Å². The molecule has 0 bridgehead atoms. The molecular weight excluding hydrogens is 339 g/mol. The standard InChI is InChI=1S/C21H18F3NO/c22-21(23,24)19-8-4-5-15(11-19)13-25-14-18-12-17(9-10-20(18)26)16-6-2-1-3-7-16/h1-12,25-26H,13-14H2. The van der Waals surface area contributed by atoms with Crippen molar-refractivity contribution in [2.75, 3.05) is 0 Å². The van der Waals surface area contributed by atoms with Gasteiger partial charge >= 0.3 is 6.18 Å². The predicted molar refractivity (Wildman–Crippen MR) is 95.5 cm³/mol. The molecule has 3 rings (SSSR count). The van der Waals surface area contributed by atoms with Gasteiger partial charge in [0.15, 0.2) is 0 Å². The van der Waals surface area contributed by atoms with Crippen molar-refractivity contribution in [3.05, 3.63) is 89.5 Å². The molecule has 26 heavy (non-hydrogen) atoms. The van der Waals surface area contributed by atoms with Gasteiger partial charge in [-0.05, 0) is 34.9 Å². The number of halogens is 3. The Morgan fingerprint density at radius 3 is 2.27 bits per heavy atom. The summed E-state index contributed by atoms with van der Waals surface area (Å²) in [6, 6.07) is 20.3. The van der Waals surface area contributed by atoms with Crippen LogP contribution in [-0.4, -0.2) is 5.11 Å². The third kappa shape index (κ3) is 4.43. The first-order valence-electron chi connectivity index (χ1n) is 8.17. The molecule has 5 heteroatoms. The van der Waals surface area contributed by atoms with Crippen molar-refractivity contribution in [3.63, 3.8) is 0 Å². The van der Waals surface area contributed by atoms with E-state index in [0.29, 0.717) is 17.7 Å². The highest BCUT2D eigenvalue weighted by molar-refractivity contribution is 5.65. The number of phenolic OH excluding ortho intramolecular Hbond substituents is 1. The van der Waals surface area contributed by atoms with Crippen LogP contribution in [0, 0.1) is 0 Å². The summed E-state index contributed by atoms with van der Waals surface area (Å²) in [5.41, 5.74) is 2.58. The molecule has 2 nitrogen and oxygen atoms in total. The molecule has 0 saturated heterocycles. The summed E-state index contributed by atoms with van der Waals surface area (Å²) in [6.45, 7) is 0.627. The maximum Gasteiger partial charge on any atom is 0.416 e. The first kappa shape index (κ1) is 18.0. The van der Waals surface area contributed by atoms with Gasteiger partial charge in [0.2, 0.25) is 0 Å². The normalized spacial score (nSPS) is 11.5. The van der Waals surface area contributed by atoms with E-state index in [1.54, 1.807) is 12.1 Å². The second-order valence-corrected chi connectivity index (χ2v) is 6.01. The van der Waals surface area contributed by atoms with Crippen molar-refractivity contribution in [1.82, 2.24) is 5.32 Å². The molecule has 0 heterocycles. The Hall–Kier alpha value is -2.79. The molecule has 0 saturated carbocycles. The molecule has 0 aliphatic rings. The largest absolute Gasteiger partial charge is 0.508 e. The molecule has 0 aliphatic heterocycles. The number of alkyl halides is 3. The van der Waals surface area contributed by atoms with Crippen molar-refractivity contribution < 1.29 is 18.3 Å². The summed E-state index contributed by atoms with van der Waals surface area (Å²) in [5.74, 6) is 0.154. The Bertz CT molecular complexity index is 876. The van der Waals surface area contributed by atoms with E-state index in [1.807, 2.05) is 42.5 Å². The zero-order valence-corrected chi connectivity index (χ0v) is 13.9. The van der Waals surface area contributed by atoms with Crippen molar-refractivity contribution in [2.24, 2.45) is 0 Å². The summed E-state index contributed by atoms with van der Waals surface area (Å²) >= 11 is 0. The molecule has 3 aromatic carbocycles. The first-order chi connectivity index (χ1) is 12.4. The van der Waals surface area contributed by atoms with Gasteiger partial charge < -0.3 is 10.4 Å². The molecular formula is C21H18F3NO. The Morgan fingerprint density at radius 2 is 1.54 bits per heavy atom. The van der Waals surface area contributed by atoms with Crippen LogP contribution >= 0.6 is 0 Å². The maximum atomic E-state index is 12.8. The number of hydrogen-bond donors (Lipinski definition) is 2. The van der Waals surface area contributed by atoms with Crippen LogP contribution in [0.3, 0.4) is 0 Å². The Morgan fingerprint density at radius 1 is 0.769 bits per heavy atom. The Kier molecular flexibility index (Phi) is 5.28. The lowest BCUT2D eigenvalue weighted by Gasteiger charge is -2.11. The van der Waals surface area contributed by atoms with Gasteiger partial charge in [-0.3, -0.25) is 0 Å². The minimum absolute atomic E-state index is 0.154. The van der Waals surface area contributed by atoms with Gasteiger partial charge in [-0.15, -0.1) is 0 Å². The van der Waals surface area contributed by atoms with Crippen LogP contribution in [0.1, 0.15) is 16.7 Å². The number of benzene rings is 3. The third-order valence-electron chi connectivity index (χ3n) is 4.09. The van der Waals surface area contributed by atoms with Crippen LogP contribution in [0.5, 0.6) is 5.75 Å². The van der Waals surface area contributed by atoms with Crippen LogP contribution in [0.2, 0.25) is 0 Å². The molecule has 0 amide bonds. The minimum atomic E-state index is -4.35. The molecule has 0 aliphatic carbocycles. The molecule has 0 aromatic heterocycles. The number of aromatic hydroxyl groups is 1. The molecule has 0 spiro atoms. The van der Waals surface area contributed by atoms with Crippen LogP contribution in [0.15, 0.2) is 72.8 Å². The van der Waals surface area contributed by atoms with Crippen molar-refractivity contribution >= 4 is 0 Å². The minimum Gasteiger partial charge on any atom is -0.508 e. The highest BCUT2D eigenvalue weighted by atomic mass is 19.4. The topological polar surface area (TPSA) is 32.3 Å². The SMILES string of the molecule is Oc1ccc(-c2ccccc2)cc1CNCc1cccc(C(F)(F)F)c1. The van der Waals surface area contributed by atoms with E-state index >= 15 is 0 Å². The molecule has 0 radical (unpaired) electrons. The van der Waals surface area contributed by atoms with E-state index in [1.165, 1.54) is 6.07 Å². The van der Waals surface area contributed by atoms with Crippen LogP contribution < -0.4 is 5.32 Å². The number of hydrogen-bond acceptors (Lipinski definition) is 2. The van der Waals surface area contributed by atoms with Crippen LogP contribution in [0.25, 0.3) is 11.1 Å². The van der Waals surface area contributed by atoms with Crippen molar-refractivity contribution in [1.29, 1.82) is 0 Å². The fraction of sp³-hybridized carbons (Fsp3) is 0.143. The second-order valence-electron chi connectivity index (χ2n) is 6.01. The van der Waals surface area contributed by atoms with E-state index in [2.05, 4.69) is 5.32 Å². The summed E-state index contributed by atoms with van der Waals surface area (Å²) in [6.07, 6.45) is -4.35. The third-order valence-corrected chi connectivity index (χ3v) is 4.09. The van der Waals surface area contributed by atoms with Gasteiger partial charge in [0, 0.05) is 18.7 Å². The lowest BCUT2D eigenvalue weighted by molar-refractivity contribution is -0.137. The van der Waals surface area contributed by atoms with Gasteiger partial charge in [0.05, 0.1) is 5.56 Å².